The Morgan fingerprint density at radius 2 is 2.18 bits per heavy atom. The highest BCUT2D eigenvalue weighted by Crippen LogP contribution is 2.06. The Hall–Kier alpha value is -0.640. The second kappa shape index (κ2) is 6.09. The van der Waals surface area contributed by atoms with E-state index in [2.05, 4.69) is 0 Å². The Morgan fingerprint density at radius 1 is 1.55 bits per heavy atom. The van der Waals surface area contributed by atoms with Crippen molar-refractivity contribution in [2.75, 3.05) is 6.61 Å². The quantitative estimate of drug-likeness (QED) is 0.470. The summed E-state index contributed by atoms with van der Waals surface area (Å²) in [4.78, 5) is 9.99. The molecule has 1 N–H and O–H groups in total. The highest BCUT2D eigenvalue weighted by atomic mass is 16.6. The van der Waals surface area contributed by atoms with Crippen molar-refractivity contribution in [1.82, 2.24) is 0 Å². The van der Waals surface area contributed by atoms with Gasteiger partial charge in [0.05, 0.1) is 0 Å². The maximum absolute atomic E-state index is 10.3. The van der Waals surface area contributed by atoms with E-state index in [0.717, 1.165) is 12.8 Å². The molecule has 11 heavy (non-hydrogen) atoms. The molecule has 0 aromatic heterocycles. The molecule has 0 aliphatic rings. The van der Waals surface area contributed by atoms with Crippen LogP contribution in [0, 0.1) is 10.1 Å². The first kappa shape index (κ1) is 10.4. The van der Waals surface area contributed by atoms with Gasteiger partial charge >= 0.3 is 0 Å². The highest BCUT2D eigenvalue weighted by Gasteiger charge is 2.17. The lowest BCUT2D eigenvalue weighted by molar-refractivity contribution is -0.524. The molecule has 0 saturated heterocycles. The molecule has 0 heterocycles. The van der Waals surface area contributed by atoms with E-state index in [9.17, 15) is 10.1 Å². The van der Waals surface area contributed by atoms with E-state index in [4.69, 9.17) is 5.11 Å². The van der Waals surface area contributed by atoms with E-state index in [0.29, 0.717) is 6.42 Å². The lowest BCUT2D eigenvalue weighted by atomic mass is 10.1. The van der Waals surface area contributed by atoms with Crippen molar-refractivity contribution in [3.05, 3.63) is 10.1 Å². The van der Waals surface area contributed by atoms with Gasteiger partial charge < -0.3 is 5.11 Å². The van der Waals surface area contributed by atoms with Crippen LogP contribution in [0.25, 0.3) is 0 Å². The molecule has 0 aliphatic carbocycles. The maximum Gasteiger partial charge on any atom is 0.215 e. The molecule has 0 rings (SSSR count). The van der Waals surface area contributed by atoms with E-state index in [1.165, 1.54) is 0 Å². The zero-order chi connectivity index (χ0) is 8.69. The Morgan fingerprint density at radius 3 is 2.55 bits per heavy atom. The van der Waals surface area contributed by atoms with Crippen LogP contribution in [0.3, 0.4) is 0 Å². The van der Waals surface area contributed by atoms with Crippen LogP contribution in [0.4, 0.5) is 0 Å². The predicted octanol–water partition coefficient (Wildman–Crippen LogP) is 1.20. The Kier molecular flexibility index (Phi) is 5.74. The zero-order valence-corrected chi connectivity index (χ0v) is 6.82. The molecule has 0 radical (unpaired) electrons. The molecule has 0 fully saturated rings. The Balaban J connectivity index is 3.60. The van der Waals surface area contributed by atoms with Crippen LogP contribution in [0.15, 0.2) is 0 Å². The van der Waals surface area contributed by atoms with E-state index in [1.807, 2.05) is 6.92 Å². The first-order valence-corrected chi connectivity index (χ1v) is 3.96. The van der Waals surface area contributed by atoms with E-state index in [-0.39, 0.29) is 18.0 Å². The average molecular weight is 161 g/mol. The Labute approximate surface area is 66.4 Å². The number of aliphatic hydroxyl groups excluding tert-OH is 1. The van der Waals surface area contributed by atoms with Crippen molar-refractivity contribution >= 4 is 0 Å². The molecular formula is C7H15NO3. The number of unbranched alkanes of at least 4 members (excludes halogenated alkanes) is 1. The molecule has 1 atom stereocenters. The normalized spacial score (nSPS) is 12.9. The van der Waals surface area contributed by atoms with Gasteiger partial charge in [0.25, 0.3) is 0 Å². The minimum atomic E-state index is -0.542. The molecule has 0 aliphatic heterocycles. The molecule has 4 nitrogen and oxygen atoms in total. The number of rotatable bonds is 6. The minimum Gasteiger partial charge on any atom is -0.396 e. The van der Waals surface area contributed by atoms with Crippen LogP contribution >= 0.6 is 0 Å². The number of nitro groups is 1. The summed E-state index contributed by atoms with van der Waals surface area (Å²) in [6.07, 6.45) is 2.71. The molecule has 0 bridgehead atoms. The summed E-state index contributed by atoms with van der Waals surface area (Å²) < 4.78 is 0. The van der Waals surface area contributed by atoms with E-state index in [1.54, 1.807) is 0 Å². The second-order valence-electron chi connectivity index (χ2n) is 2.59. The topological polar surface area (TPSA) is 63.4 Å². The summed E-state index contributed by atoms with van der Waals surface area (Å²) in [5, 5.41) is 18.8. The average Bonchev–Trinajstić information content (AvgIpc) is 1.97. The highest BCUT2D eigenvalue weighted by molar-refractivity contribution is 4.55. The van der Waals surface area contributed by atoms with Crippen LogP contribution < -0.4 is 0 Å². The molecule has 0 amide bonds. The van der Waals surface area contributed by atoms with Gasteiger partial charge in [-0.2, -0.15) is 0 Å². The standard InChI is InChI=1S/C7H15NO3/c1-2-3-4-7(5-6-9)8(10)11/h7,9H,2-6H2,1H3. The summed E-state index contributed by atoms with van der Waals surface area (Å²) >= 11 is 0. The summed E-state index contributed by atoms with van der Waals surface area (Å²) in [6, 6.07) is -0.542. The fourth-order valence-electron chi connectivity index (χ4n) is 0.944. The minimum absolute atomic E-state index is 0.0879. The summed E-state index contributed by atoms with van der Waals surface area (Å²) in [5.74, 6) is 0. The van der Waals surface area contributed by atoms with Gasteiger partial charge in [-0.25, -0.2) is 0 Å². The van der Waals surface area contributed by atoms with Crippen molar-refractivity contribution in [1.29, 1.82) is 0 Å². The zero-order valence-electron chi connectivity index (χ0n) is 6.82. The third-order valence-corrected chi connectivity index (χ3v) is 1.65. The number of hydrogen-bond acceptors (Lipinski definition) is 3. The molecular weight excluding hydrogens is 146 g/mol. The van der Waals surface area contributed by atoms with Crippen LogP contribution in [-0.2, 0) is 0 Å². The van der Waals surface area contributed by atoms with Crippen LogP contribution in [-0.4, -0.2) is 22.7 Å². The van der Waals surface area contributed by atoms with E-state index < -0.39 is 6.04 Å². The van der Waals surface area contributed by atoms with Gasteiger partial charge in [-0.3, -0.25) is 10.1 Å². The van der Waals surface area contributed by atoms with Crippen molar-refractivity contribution in [3.63, 3.8) is 0 Å². The van der Waals surface area contributed by atoms with Crippen molar-refractivity contribution in [2.45, 2.75) is 38.6 Å². The number of aliphatic hydroxyl groups is 1. The second-order valence-corrected chi connectivity index (χ2v) is 2.59. The molecule has 0 saturated carbocycles. The molecule has 0 aromatic carbocycles. The van der Waals surface area contributed by atoms with E-state index >= 15 is 0 Å². The van der Waals surface area contributed by atoms with Gasteiger partial charge in [0.15, 0.2) is 0 Å². The Bertz CT molecular complexity index is 116. The largest absolute Gasteiger partial charge is 0.396 e. The number of nitrogens with zero attached hydrogens (tertiary/aromatic N) is 1. The van der Waals surface area contributed by atoms with Crippen LogP contribution in [0.1, 0.15) is 32.6 Å². The molecule has 0 aromatic rings. The maximum atomic E-state index is 10.3. The predicted molar refractivity (Wildman–Crippen MR) is 42.0 cm³/mol. The summed E-state index contributed by atoms with van der Waals surface area (Å²) in [7, 11) is 0. The van der Waals surface area contributed by atoms with Gasteiger partial charge in [-0.15, -0.1) is 0 Å². The molecule has 0 spiro atoms. The smallest absolute Gasteiger partial charge is 0.215 e. The van der Waals surface area contributed by atoms with Crippen molar-refractivity contribution in [2.24, 2.45) is 0 Å². The SMILES string of the molecule is CCCCC(CCO)[N+](=O)[O-]. The van der Waals surface area contributed by atoms with Crippen molar-refractivity contribution < 1.29 is 10.0 Å². The molecule has 66 valence electrons. The van der Waals surface area contributed by atoms with Crippen LogP contribution in [0.5, 0.6) is 0 Å². The molecule has 4 heteroatoms. The van der Waals surface area contributed by atoms with Gasteiger partial charge in [-0.05, 0) is 6.42 Å². The lowest BCUT2D eigenvalue weighted by Crippen LogP contribution is -2.20. The third-order valence-electron chi connectivity index (χ3n) is 1.65. The fourth-order valence-corrected chi connectivity index (χ4v) is 0.944. The van der Waals surface area contributed by atoms with Crippen molar-refractivity contribution in [3.8, 4) is 0 Å². The lowest BCUT2D eigenvalue weighted by Gasteiger charge is -2.05. The summed E-state index contributed by atoms with van der Waals surface area (Å²) in [6.45, 7) is 1.91. The van der Waals surface area contributed by atoms with Crippen LogP contribution in [0.2, 0.25) is 0 Å². The number of hydrogen-bond donors (Lipinski definition) is 1. The first-order chi connectivity index (χ1) is 5.22. The molecule has 1 unspecified atom stereocenters. The van der Waals surface area contributed by atoms with Gasteiger partial charge in [0.2, 0.25) is 6.04 Å². The summed E-state index contributed by atoms with van der Waals surface area (Å²) in [5.41, 5.74) is 0. The van der Waals surface area contributed by atoms with Gasteiger partial charge in [0.1, 0.15) is 0 Å². The van der Waals surface area contributed by atoms with Gasteiger partial charge in [0, 0.05) is 24.4 Å². The monoisotopic (exact) mass is 161 g/mol. The fraction of sp³-hybridized carbons (Fsp3) is 1.00. The van der Waals surface area contributed by atoms with Gasteiger partial charge in [-0.1, -0.05) is 13.3 Å². The first-order valence-electron chi connectivity index (χ1n) is 3.96. The third kappa shape index (κ3) is 4.72.